The number of nitrogens with zero attached hydrogens (tertiary/aromatic N) is 2. The van der Waals surface area contributed by atoms with Crippen LogP contribution in [0, 0.1) is 0 Å². The number of ether oxygens (including phenoxy) is 1. The summed E-state index contributed by atoms with van der Waals surface area (Å²) in [5.41, 5.74) is -0.0908. The fourth-order valence-electron chi connectivity index (χ4n) is 5.09. The SMILES string of the molecule is CCN1C(=O)[C@@]2(c3ccccc31)c1c(oc3ccccc3c1=O)C(=O)N2CCCOC(C)C. The third kappa shape index (κ3) is 2.88. The van der Waals surface area contributed by atoms with Gasteiger partial charge in [0.1, 0.15) is 5.58 Å². The average Bonchev–Trinajstić information content (AvgIpc) is 3.21. The van der Waals surface area contributed by atoms with Crippen LogP contribution in [0.2, 0.25) is 0 Å². The summed E-state index contributed by atoms with van der Waals surface area (Å²) in [6.07, 6.45) is 0.581. The molecule has 170 valence electrons. The zero-order valence-corrected chi connectivity index (χ0v) is 19.0. The number of carbonyl (C=O) groups is 2. The van der Waals surface area contributed by atoms with Crippen LogP contribution in [0.1, 0.15) is 48.9 Å². The van der Waals surface area contributed by atoms with E-state index >= 15 is 0 Å². The lowest BCUT2D eigenvalue weighted by atomic mass is 9.84. The Morgan fingerprint density at radius 2 is 1.76 bits per heavy atom. The molecule has 3 heterocycles. The van der Waals surface area contributed by atoms with Gasteiger partial charge in [-0.05, 0) is 45.4 Å². The van der Waals surface area contributed by atoms with Gasteiger partial charge in [-0.2, -0.15) is 0 Å². The summed E-state index contributed by atoms with van der Waals surface area (Å²) in [4.78, 5) is 44.8. The molecule has 5 rings (SSSR count). The van der Waals surface area contributed by atoms with Gasteiger partial charge in [-0.3, -0.25) is 14.4 Å². The van der Waals surface area contributed by atoms with Crippen molar-refractivity contribution in [2.24, 2.45) is 0 Å². The van der Waals surface area contributed by atoms with Crippen molar-refractivity contribution in [3.63, 3.8) is 0 Å². The van der Waals surface area contributed by atoms with Gasteiger partial charge < -0.3 is 19.0 Å². The Balaban J connectivity index is 1.77. The molecule has 0 fully saturated rings. The number of amides is 2. The predicted octanol–water partition coefficient (Wildman–Crippen LogP) is 3.67. The molecule has 0 bridgehead atoms. The molecule has 0 aliphatic carbocycles. The number of benzene rings is 2. The molecule has 1 atom stereocenters. The largest absolute Gasteiger partial charge is 0.450 e. The van der Waals surface area contributed by atoms with E-state index in [0.29, 0.717) is 41.8 Å². The minimum Gasteiger partial charge on any atom is -0.450 e. The Hall–Kier alpha value is -3.45. The van der Waals surface area contributed by atoms with Crippen LogP contribution < -0.4 is 10.3 Å². The summed E-state index contributed by atoms with van der Waals surface area (Å²) in [5.74, 6) is -0.797. The van der Waals surface area contributed by atoms with Crippen LogP contribution in [0.15, 0.2) is 57.7 Å². The van der Waals surface area contributed by atoms with Gasteiger partial charge in [0, 0.05) is 25.3 Å². The Morgan fingerprint density at radius 3 is 2.52 bits per heavy atom. The highest BCUT2D eigenvalue weighted by Crippen LogP contribution is 2.52. The molecular formula is C26H26N2O5. The van der Waals surface area contributed by atoms with Crippen molar-refractivity contribution >= 4 is 28.5 Å². The number of fused-ring (bicyclic) bond motifs is 5. The molecule has 0 saturated carbocycles. The third-order valence-electron chi connectivity index (χ3n) is 6.44. The summed E-state index contributed by atoms with van der Waals surface area (Å²) in [5, 5.41) is 0.355. The monoisotopic (exact) mass is 446 g/mol. The topological polar surface area (TPSA) is 80.1 Å². The van der Waals surface area contributed by atoms with E-state index in [1.165, 1.54) is 4.90 Å². The summed E-state index contributed by atoms with van der Waals surface area (Å²) >= 11 is 0. The maximum Gasteiger partial charge on any atom is 0.291 e. The van der Waals surface area contributed by atoms with Crippen LogP contribution in [0.4, 0.5) is 5.69 Å². The van der Waals surface area contributed by atoms with E-state index in [-0.39, 0.29) is 35.3 Å². The van der Waals surface area contributed by atoms with Gasteiger partial charge in [-0.25, -0.2) is 0 Å². The van der Waals surface area contributed by atoms with E-state index in [1.807, 2.05) is 45.0 Å². The van der Waals surface area contributed by atoms with Crippen molar-refractivity contribution < 1.29 is 18.7 Å². The Morgan fingerprint density at radius 1 is 1.03 bits per heavy atom. The van der Waals surface area contributed by atoms with E-state index in [2.05, 4.69) is 0 Å². The van der Waals surface area contributed by atoms with Gasteiger partial charge in [0.25, 0.3) is 11.8 Å². The fourth-order valence-corrected chi connectivity index (χ4v) is 5.09. The highest BCUT2D eigenvalue weighted by molar-refractivity contribution is 6.17. The third-order valence-corrected chi connectivity index (χ3v) is 6.44. The van der Waals surface area contributed by atoms with Crippen molar-refractivity contribution in [1.29, 1.82) is 0 Å². The van der Waals surface area contributed by atoms with Crippen molar-refractivity contribution in [1.82, 2.24) is 4.90 Å². The number of likely N-dealkylation sites (N-methyl/N-ethyl adjacent to an activating group) is 1. The molecular weight excluding hydrogens is 420 g/mol. The highest BCUT2D eigenvalue weighted by Gasteiger charge is 2.64. The molecule has 33 heavy (non-hydrogen) atoms. The van der Waals surface area contributed by atoms with E-state index in [4.69, 9.17) is 9.15 Å². The summed E-state index contributed by atoms with van der Waals surface area (Å²) in [7, 11) is 0. The molecule has 0 N–H and O–H groups in total. The lowest BCUT2D eigenvalue weighted by Crippen LogP contribution is -2.53. The molecule has 1 spiro atoms. The predicted molar refractivity (Wildman–Crippen MR) is 124 cm³/mol. The quantitative estimate of drug-likeness (QED) is 0.540. The van der Waals surface area contributed by atoms with E-state index in [0.717, 1.165) is 0 Å². The molecule has 7 nitrogen and oxygen atoms in total. The Bertz CT molecular complexity index is 1330. The lowest BCUT2D eigenvalue weighted by Gasteiger charge is -2.34. The minimum atomic E-state index is -1.54. The Labute approximate surface area is 191 Å². The smallest absolute Gasteiger partial charge is 0.291 e. The second kappa shape index (κ2) is 7.85. The second-order valence-corrected chi connectivity index (χ2v) is 8.64. The standard InChI is InChI=1S/C26H26N2O5/c1-4-27-19-12-7-6-11-18(19)26(25(27)31)21-22(29)17-10-5-8-13-20(17)33-23(21)24(30)28(26)14-9-15-32-16(2)3/h5-8,10-13,16H,4,9,14-15H2,1-3H3/t26-/m1/s1. The summed E-state index contributed by atoms with van der Waals surface area (Å²) in [6, 6.07) is 14.2. The number of anilines is 1. The van der Waals surface area contributed by atoms with Crippen molar-refractivity contribution in [3.05, 3.63) is 75.6 Å². The van der Waals surface area contributed by atoms with Gasteiger partial charge in [0.2, 0.25) is 5.76 Å². The van der Waals surface area contributed by atoms with Gasteiger partial charge in [-0.15, -0.1) is 0 Å². The maximum absolute atomic E-state index is 14.1. The molecule has 2 amide bonds. The van der Waals surface area contributed by atoms with Crippen LogP contribution in [0.5, 0.6) is 0 Å². The van der Waals surface area contributed by atoms with Gasteiger partial charge in [0.05, 0.1) is 22.7 Å². The minimum absolute atomic E-state index is 0.0513. The van der Waals surface area contributed by atoms with Crippen molar-refractivity contribution in [3.8, 4) is 0 Å². The number of hydrogen-bond donors (Lipinski definition) is 0. The van der Waals surface area contributed by atoms with Crippen molar-refractivity contribution in [2.45, 2.75) is 38.8 Å². The molecule has 2 aliphatic heterocycles. The zero-order valence-electron chi connectivity index (χ0n) is 19.0. The molecule has 2 aliphatic rings. The van der Waals surface area contributed by atoms with Crippen LogP contribution in [-0.4, -0.2) is 42.5 Å². The van der Waals surface area contributed by atoms with Crippen molar-refractivity contribution in [2.75, 3.05) is 24.6 Å². The molecule has 0 radical (unpaired) electrons. The lowest BCUT2D eigenvalue weighted by molar-refractivity contribution is -0.126. The molecule has 3 aromatic rings. The fraction of sp³-hybridized carbons (Fsp3) is 0.346. The van der Waals surface area contributed by atoms with Crippen LogP contribution in [0.25, 0.3) is 11.0 Å². The number of para-hydroxylation sites is 2. The van der Waals surface area contributed by atoms with E-state index in [1.54, 1.807) is 29.2 Å². The Kier molecular flexibility index (Phi) is 5.09. The maximum atomic E-state index is 14.1. The van der Waals surface area contributed by atoms with Crippen LogP contribution in [0.3, 0.4) is 0 Å². The molecule has 2 aromatic carbocycles. The first-order valence-corrected chi connectivity index (χ1v) is 11.3. The number of rotatable bonds is 6. The molecule has 7 heteroatoms. The van der Waals surface area contributed by atoms with Gasteiger partial charge in [-0.1, -0.05) is 30.3 Å². The number of hydrogen-bond acceptors (Lipinski definition) is 5. The zero-order chi connectivity index (χ0) is 23.3. The van der Waals surface area contributed by atoms with Gasteiger partial charge in [0.15, 0.2) is 11.0 Å². The second-order valence-electron chi connectivity index (χ2n) is 8.64. The molecule has 0 saturated heterocycles. The first kappa shape index (κ1) is 21.4. The first-order valence-electron chi connectivity index (χ1n) is 11.3. The van der Waals surface area contributed by atoms with E-state index in [9.17, 15) is 14.4 Å². The van der Waals surface area contributed by atoms with Crippen LogP contribution in [-0.2, 0) is 15.1 Å². The van der Waals surface area contributed by atoms with E-state index < -0.39 is 11.4 Å². The molecule has 1 aromatic heterocycles. The average molecular weight is 447 g/mol. The first-order chi connectivity index (χ1) is 15.9. The normalized spacial score (nSPS) is 19.3. The molecule has 0 unspecified atom stereocenters. The number of carbonyl (C=O) groups excluding carboxylic acids is 2. The van der Waals surface area contributed by atoms with Crippen LogP contribution >= 0.6 is 0 Å². The van der Waals surface area contributed by atoms with Gasteiger partial charge >= 0.3 is 0 Å². The summed E-state index contributed by atoms with van der Waals surface area (Å²) in [6.45, 7) is 6.89. The summed E-state index contributed by atoms with van der Waals surface area (Å²) < 4.78 is 11.7. The highest BCUT2D eigenvalue weighted by atomic mass is 16.5.